The number of carbonyl (C=O) groups is 1. The van der Waals surface area contributed by atoms with E-state index in [1.165, 1.54) is 24.2 Å². The fourth-order valence-electron chi connectivity index (χ4n) is 3.10. The maximum atomic E-state index is 12.6. The van der Waals surface area contributed by atoms with Gasteiger partial charge < -0.3 is 10.2 Å². The molecule has 5 heteroatoms. The lowest BCUT2D eigenvalue weighted by atomic mass is 10.2. The van der Waals surface area contributed by atoms with Gasteiger partial charge in [-0.25, -0.2) is 0 Å². The Kier molecular flexibility index (Phi) is 4.17. The molecular weight excluding hydrogens is 340 g/mol. The van der Waals surface area contributed by atoms with E-state index in [2.05, 4.69) is 16.3 Å². The summed E-state index contributed by atoms with van der Waals surface area (Å²) in [4.78, 5) is 15.5. The zero-order chi connectivity index (χ0) is 16.5. The topological polar surface area (TPSA) is 32.3 Å². The molecule has 0 atom stereocenters. The second kappa shape index (κ2) is 6.46. The molecule has 1 N–H and O–H groups in total. The molecule has 122 valence electrons. The fourth-order valence-corrected chi connectivity index (χ4v) is 4.52. The Labute approximate surface area is 149 Å². The average Bonchev–Trinajstić information content (AvgIpc) is 3.24. The fraction of sp³-hybridized carbons (Fsp3) is 0.211. The SMILES string of the molecule is O=C(Nc1cccc(N2CCCC2)c1)c1sc2ccccc2c1Cl. The van der Waals surface area contributed by atoms with Gasteiger partial charge in [0.2, 0.25) is 0 Å². The van der Waals surface area contributed by atoms with Gasteiger partial charge >= 0.3 is 0 Å². The molecule has 2 aromatic carbocycles. The van der Waals surface area contributed by atoms with Crippen LogP contribution in [0, 0.1) is 0 Å². The van der Waals surface area contributed by atoms with Crippen LogP contribution in [0.5, 0.6) is 0 Å². The first-order valence-corrected chi connectivity index (χ1v) is 9.25. The highest BCUT2D eigenvalue weighted by atomic mass is 35.5. The van der Waals surface area contributed by atoms with E-state index >= 15 is 0 Å². The van der Waals surface area contributed by atoms with E-state index in [1.54, 1.807) is 0 Å². The number of hydrogen-bond acceptors (Lipinski definition) is 3. The van der Waals surface area contributed by atoms with Crippen LogP contribution in [0.2, 0.25) is 5.02 Å². The second-order valence-electron chi connectivity index (χ2n) is 5.94. The average molecular weight is 357 g/mol. The van der Waals surface area contributed by atoms with E-state index in [-0.39, 0.29) is 5.91 Å². The molecular formula is C19H17ClN2OS. The largest absolute Gasteiger partial charge is 0.371 e. The van der Waals surface area contributed by atoms with Crippen LogP contribution in [-0.2, 0) is 0 Å². The van der Waals surface area contributed by atoms with Crippen molar-refractivity contribution in [3.63, 3.8) is 0 Å². The van der Waals surface area contributed by atoms with Gasteiger partial charge in [0.15, 0.2) is 0 Å². The Morgan fingerprint density at radius 1 is 1.08 bits per heavy atom. The summed E-state index contributed by atoms with van der Waals surface area (Å²) >= 11 is 7.82. The van der Waals surface area contributed by atoms with Gasteiger partial charge in [0.05, 0.1) is 5.02 Å². The molecule has 0 radical (unpaired) electrons. The summed E-state index contributed by atoms with van der Waals surface area (Å²) in [5.41, 5.74) is 1.96. The van der Waals surface area contributed by atoms with Gasteiger partial charge in [0, 0.05) is 34.6 Å². The van der Waals surface area contributed by atoms with Gasteiger partial charge in [0.25, 0.3) is 5.91 Å². The summed E-state index contributed by atoms with van der Waals surface area (Å²) in [6, 6.07) is 15.8. The predicted molar refractivity (Wildman–Crippen MR) is 103 cm³/mol. The molecule has 0 saturated carbocycles. The van der Waals surface area contributed by atoms with Crippen molar-refractivity contribution >= 4 is 50.3 Å². The summed E-state index contributed by atoms with van der Waals surface area (Å²) in [7, 11) is 0. The first kappa shape index (κ1) is 15.5. The molecule has 0 aliphatic carbocycles. The second-order valence-corrected chi connectivity index (χ2v) is 7.37. The monoisotopic (exact) mass is 356 g/mol. The van der Waals surface area contributed by atoms with E-state index < -0.39 is 0 Å². The van der Waals surface area contributed by atoms with Crippen LogP contribution in [0.25, 0.3) is 10.1 Å². The zero-order valence-corrected chi connectivity index (χ0v) is 14.7. The maximum Gasteiger partial charge on any atom is 0.267 e. The Hall–Kier alpha value is -2.04. The molecule has 1 saturated heterocycles. The lowest BCUT2D eigenvalue weighted by Gasteiger charge is -2.18. The number of rotatable bonds is 3. The van der Waals surface area contributed by atoms with Crippen LogP contribution < -0.4 is 10.2 Å². The molecule has 1 aliphatic heterocycles. The predicted octanol–water partition coefficient (Wildman–Crippen LogP) is 5.41. The van der Waals surface area contributed by atoms with Crippen LogP contribution >= 0.6 is 22.9 Å². The van der Waals surface area contributed by atoms with Crippen LogP contribution in [0.4, 0.5) is 11.4 Å². The van der Waals surface area contributed by atoms with Crippen LogP contribution in [0.15, 0.2) is 48.5 Å². The van der Waals surface area contributed by atoms with Crippen molar-refractivity contribution in [3.05, 3.63) is 58.4 Å². The Balaban J connectivity index is 1.59. The number of nitrogens with one attached hydrogen (secondary N) is 1. The minimum absolute atomic E-state index is 0.153. The zero-order valence-electron chi connectivity index (χ0n) is 13.1. The first-order valence-electron chi connectivity index (χ1n) is 8.06. The van der Waals surface area contributed by atoms with Gasteiger partial charge in [-0.05, 0) is 37.1 Å². The van der Waals surface area contributed by atoms with E-state index in [4.69, 9.17) is 11.6 Å². The molecule has 0 bridgehead atoms. The lowest BCUT2D eigenvalue weighted by Crippen LogP contribution is -2.18. The summed E-state index contributed by atoms with van der Waals surface area (Å²) < 4.78 is 1.03. The number of fused-ring (bicyclic) bond motifs is 1. The van der Waals surface area contributed by atoms with Crippen molar-refractivity contribution in [2.75, 3.05) is 23.3 Å². The van der Waals surface area contributed by atoms with E-state index in [1.807, 2.05) is 42.5 Å². The Morgan fingerprint density at radius 3 is 2.67 bits per heavy atom. The Morgan fingerprint density at radius 2 is 1.88 bits per heavy atom. The summed E-state index contributed by atoms with van der Waals surface area (Å²) in [6.45, 7) is 2.17. The molecule has 3 aromatic rings. The third-order valence-corrected chi connectivity index (χ3v) is 5.99. The molecule has 0 unspecified atom stereocenters. The highest BCUT2D eigenvalue weighted by Gasteiger charge is 2.18. The first-order chi connectivity index (χ1) is 11.7. The van der Waals surface area contributed by atoms with Crippen LogP contribution in [-0.4, -0.2) is 19.0 Å². The van der Waals surface area contributed by atoms with Crippen LogP contribution in [0.1, 0.15) is 22.5 Å². The van der Waals surface area contributed by atoms with Crippen molar-refractivity contribution in [2.24, 2.45) is 0 Å². The smallest absolute Gasteiger partial charge is 0.267 e. The van der Waals surface area contributed by atoms with Crippen molar-refractivity contribution < 1.29 is 4.79 Å². The van der Waals surface area contributed by atoms with Gasteiger partial charge in [-0.3, -0.25) is 4.79 Å². The number of thiophene rings is 1. The number of nitrogens with zero attached hydrogens (tertiary/aromatic N) is 1. The van der Waals surface area contributed by atoms with E-state index in [9.17, 15) is 4.79 Å². The standard InChI is InChI=1S/C19H17ClN2OS/c20-17-15-8-1-2-9-16(15)24-18(17)19(23)21-13-6-5-7-14(12-13)22-10-3-4-11-22/h1-2,5-9,12H,3-4,10-11H2,(H,21,23). The summed E-state index contributed by atoms with van der Waals surface area (Å²) in [6.07, 6.45) is 2.46. The van der Waals surface area contributed by atoms with E-state index in [0.29, 0.717) is 9.90 Å². The van der Waals surface area contributed by atoms with E-state index in [0.717, 1.165) is 34.6 Å². The normalized spacial score (nSPS) is 14.3. The number of benzene rings is 2. The minimum Gasteiger partial charge on any atom is -0.371 e. The number of carbonyl (C=O) groups excluding carboxylic acids is 1. The van der Waals surface area contributed by atoms with Crippen molar-refractivity contribution in [1.29, 1.82) is 0 Å². The van der Waals surface area contributed by atoms with Crippen LogP contribution in [0.3, 0.4) is 0 Å². The molecule has 1 amide bonds. The number of hydrogen-bond donors (Lipinski definition) is 1. The third-order valence-electron chi connectivity index (χ3n) is 4.32. The molecule has 3 nitrogen and oxygen atoms in total. The summed E-state index contributed by atoms with van der Waals surface area (Å²) in [5.74, 6) is -0.153. The molecule has 1 aromatic heterocycles. The third kappa shape index (κ3) is 2.87. The minimum atomic E-state index is -0.153. The Bertz CT molecular complexity index is 899. The maximum absolute atomic E-state index is 12.6. The van der Waals surface area contributed by atoms with Crippen molar-refractivity contribution in [2.45, 2.75) is 12.8 Å². The molecule has 1 fully saturated rings. The van der Waals surface area contributed by atoms with Gasteiger partial charge in [-0.2, -0.15) is 0 Å². The summed E-state index contributed by atoms with van der Waals surface area (Å²) in [5, 5.41) is 4.45. The van der Waals surface area contributed by atoms with Crippen molar-refractivity contribution in [3.8, 4) is 0 Å². The van der Waals surface area contributed by atoms with Crippen molar-refractivity contribution in [1.82, 2.24) is 0 Å². The quantitative estimate of drug-likeness (QED) is 0.680. The van der Waals surface area contributed by atoms with Gasteiger partial charge in [-0.15, -0.1) is 11.3 Å². The lowest BCUT2D eigenvalue weighted by molar-refractivity contribution is 0.103. The highest BCUT2D eigenvalue weighted by Crippen LogP contribution is 2.35. The number of amides is 1. The van der Waals surface area contributed by atoms with Gasteiger partial charge in [-0.1, -0.05) is 35.9 Å². The number of halogens is 1. The molecule has 24 heavy (non-hydrogen) atoms. The number of anilines is 2. The van der Waals surface area contributed by atoms with Gasteiger partial charge in [0.1, 0.15) is 4.88 Å². The molecule has 1 aliphatic rings. The molecule has 4 rings (SSSR count). The highest BCUT2D eigenvalue weighted by molar-refractivity contribution is 7.21. The molecule has 0 spiro atoms. The molecule has 2 heterocycles.